The maximum Gasteiger partial charge on any atom is 0.371 e. The van der Waals surface area contributed by atoms with Gasteiger partial charge in [-0.25, -0.2) is 9.59 Å². The van der Waals surface area contributed by atoms with Crippen LogP contribution < -0.4 is 5.11 Å². The number of ketones is 3. The molecule has 0 saturated carbocycles. The van der Waals surface area contributed by atoms with Crippen LogP contribution in [-0.2, 0) is 28.8 Å². The summed E-state index contributed by atoms with van der Waals surface area (Å²) < 4.78 is 0. The fourth-order valence-corrected chi connectivity index (χ4v) is 0.283. The second-order valence-corrected chi connectivity index (χ2v) is 3.13. The zero-order chi connectivity index (χ0) is 18.2. The molecule has 0 bridgehead atoms. The molecule has 0 spiro atoms. The van der Waals surface area contributed by atoms with E-state index in [1.54, 1.807) is 0 Å². The van der Waals surface area contributed by atoms with Crippen LogP contribution in [0.3, 0.4) is 0 Å². The van der Waals surface area contributed by atoms with Gasteiger partial charge >= 0.3 is 11.9 Å². The lowest BCUT2D eigenvalue weighted by atomic mass is 10.5. The molecule has 2 N–H and O–H groups in total. The molecule has 0 aliphatic heterocycles. The highest BCUT2D eigenvalue weighted by Crippen LogP contribution is 1.85. The lowest BCUT2D eigenvalue weighted by molar-refractivity contribution is -0.299. The Labute approximate surface area is 142 Å². The molecule has 12 heteroatoms. The predicted molar refractivity (Wildman–Crippen MR) is 78.3 cm³/mol. The lowest BCUT2D eigenvalue weighted by Crippen LogP contribution is -2.32. The van der Waals surface area contributed by atoms with E-state index < -0.39 is 35.3 Å². The maximum atomic E-state index is 9.80. The summed E-state index contributed by atoms with van der Waals surface area (Å²) >= 11 is 8.14. The van der Waals surface area contributed by atoms with Crippen molar-refractivity contribution in [2.45, 2.75) is 13.8 Å². The second kappa shape index (κ2) is 18.9. The van der Waals surface area contributed by atoms with E-state index in [0.29, 0.717) is 0 Å². The maximum absolute atomic E-state index is 9.80. The Kier molecular flexibility index (Phi) is 25.2. The van der Waals surface area contributed by atoms with Crippen molar-refractivity contribution in [1.29, 1.82) is 0 Å². The van der Waals surface area contributed by atoms with Crippen molar-refractivity contribution in [2.75, 3.05) is 5.33 Å². The van der Waals surface area contributed by atoms with Crippen molar-refractivity contribution < 1.29 is 44.1 Å². The van der Waals surface area contributed by atoms with E-state index in [1.165, 1.54) is 0 Å². The summed E-state index contributed by atoms with van der Waals surface area (Å²) in [5.41, 5.74) is 0. The standard InChI is InChI=1S/C3H3BrO3.2C3H4O3.Br2/c4-1-2(5)3(6)7;2*1-2(4)3(5)6;1-2/h1H2,(H,6,7);2*1H3,(H,5,6);/p-1/i2*3+2;;. The van der Waals surface area contributed by atoms with Gasteiger partial charge in [-0.1, -0.05) is 15.9 Å². The van der Waals surface area contributed by atoms with Gasteiger partial charge in [0.15, 0.2) is 5.78 Å². The first-order chi connectivity index (χ1) is 9.47. The summed E-state index contributed by atoms with van der Waals surface area (Å²) in [7, 11) is 0. The zero-order valence-electron chi connectivity index (χ0n) is 10.6. The number of carbonyl (C=O) groups excluding carboxylic acids is 4. The summed E-state index contributed by atoms with van der Waals surface area (Å²) in [5.74, 6) is -6.98. The van der Waals surface area contributed by atoms with Crippen LogP contribution in [0.5, 0.6) is 0 Å². The van der Waals surface area contributed by atoms with Crippen LogP contribution in [0, 0.1) is 0 Å². The van der Waals surface area contributed by atoms with Crippen molar-refractivity contribution in [2.24, 2.45) is 0 Å². The van der Waals surface area contributed by atoms with Crippen molar-refractivity contribution in [1.82, 2.24) is 0 Å². The van der Waals surface area contributed by atoms with Gasteiger partial charge in [0.1, 0.15) is 5.97 Å². The highest BCUT2D eigenvalue weighted by molar-refractivity contribution is 9.93. The quantitative estimate of drug-likeness (QED) is 0.385. The van der Waals surface area contributed by atoms with Gasteiger partial charge < -0.3 is 20.1 Å². The number of carboxylic acid groups (broad SMARTS) is 3. The Morgan fingerprint density at radius 1 is 1.10 bits per heavy atom. The first kappa shape index (κ1) is 28.1. The molecule has 0 radical (unpaired) electrons. The predicted octanol–water partition coefficient (Wildman–Crippen LogP) is -0.288. The third kappa shape index (κ3) is 32.4. The highest BCUT2D eigenvalue weighted by Gasteiger charge is 1.99. The minimum absolute atomic E-state index is 0.171. The Hall–Kier alpha value is -1.14. The number of halogens is 3. The molecular formula is C9H10Br3O9-. The van der Waals surface area contributed by atoms with E-state index in [-0.39, 0.29) is 5.33 Å². The van der Waals surface area contributed by atoms with Crippen LogP contribution in [-0.4, -0.2) is 50.8 Å². The fourth-order valence-electron chi connectivity index (χ4n) is 0.0546. The molecule has 0 heterocycles. The molecule has 122 valence electrons. The summed E-state index contributed by atoms with van der Waals surface area (Å²) in [5, 5.41) is 24.6. The third-order valence-corrected chi connectivity index (χ3v) is 1.46. The molecule has 0 atom stereocenters. The van der Waals surface area contributed by atoms with Crippen LogP contribution in [0.25, 0.3) is 0 Å². The topological polar surface area (TPSA) is 166 Å². The first-order valence-electron chi connectivity index (χ1n) is 4.39. The number of carboxylic acids is 3. The van der Waals surface area contributed by atoms with E-state index in [9.17, 15) is 33.9 Å². The van der Waals surface area contributed by atoms with Gasteiger partial charge in [-0.15, -0.1) is 0 Å². The normalized spacial score (nSPS) is 7.29. The van der Waals surface area contributed by atoms with Crippen LogP contribution in [0.15, 0.2) is 0 Å². The second-order valence-electron chi connectivity index (χ2n) is 2.57. The van der Waals surface area contributed by atoms with Crippen molar-refractivity contribution in [3.05, 3.63) is 0 Å². The highest BCUT2D eigenvalue weighted by atomic mass is 80.9. The molecule has 0 aromatic heterocycles. The Bertz CT molecular complexity index is 344. The SMILES string of the molecule is BrBr.CC(=O)C(=O)O.CC(=O)[14C](=O)O.O=C(CBr)[14C](=O)[O-]. The Balaban J connectivity index is -0.0000000976. The van der Waals surface area contributed by atoms with Crippen LogP contribution in [0.4, 0.5) is 0 Å². The zero-order valence-corrected chi connectivity index (χ0v) is 15.4. The smallest absolute Gasteiger partial charge is 0.371 e. The van der Waals surface area contributed by atoms with Crippen molar-refractivity contribution in [3.63, 3.8) is 0 Å². The number of aliphatic carboxylic acids is 3. The van der Waals surface area contributed by atoms with Gasteiger partial charge in [-0.3, -0.25) is 14.4 Å². The molecule has 0 rings (SSSR count). The van der Waals surface area contributed by atoms with Gasteiger partial charge in [0.2, 0.25) is 11.6 Å². The Morgan fingerprint density at radius 3 is 1.33 bits per heavy atom. The molecule has 0 aromatic rings. The minimum Gasteiger partial charge on any atom is -0.542 e. The molecule has 9 nitrogen and oxygen atoms in total. The molecule has 0 aliphatic rings. The summed E-state index contributed by atoms with van der Waals surface area (Å²) in [6.07, 6.45) is 0. The number of rotatable bonds is 4. The molecular weight excluding hydrogens is 496 g/mol. The summed E-state index contributed by atoms with van der Waals surface area (Å²) in [6, 6.07) is 0. The van der Waals surface area contributed by atoms with Gasteiger partial charge in [0.25, 0.3) is 0 Å². The summed E-state index contributed by atoms with van der Waals surface area (Å²) in [4.78, 5) is 57.0. The number of Topliss-reactive ketones (excluding diaryl/α,β-unsaturated/α-hetero) is 3. The Morgan fingerprint density at radius 2 is 1.33 bits per heavy atom. The van der Waals surface area contributed by atoms with Gasteiger partial charge in [0, 0.05) is 42.1 Å². The van der Waals surface area contributed by atoms with Gasteiger partial charge in [-0.05, 0) is 0 Å². The fraction of sp³-hybridized carbons (Fsp3) is 0.333. The average molecular weight is 506 g/mol. The molecule has 21 heavy (non-hydrogen) atoms. The van der Waals surface area contributed by atoms with E-state index >= 15 is 0 Å². The monoisotopic (exact) mass is 503 g/mol. The van der Waals surface area contributed by atoms with Gasteiger partial charge in [0.05, 0.1) is 5.33 Å². The number of hydrogen-bond acceptors (Lipinski definition) is 7. The van der Waals surface area contributed by atoms with Crippen molar-refractivity contribution >= 4 is 79.4 Å². The largest absolute Gasteiger partial charge is 0.542 e. The van der Waals surface area contributed by atoms with Crippen molar-refractivity contribution in [3.8, 4) is 0 Å². The molecule has 0 unspecified atom stereocenters. The third-order valence-electron chi connectivity index (χ3n) is 0.951. The number of carbonyl (C=O) groups is 6. The van der Waals surface area contributed by atoms with E-state index in [0.717, 1.165) is 13.8 Å². The number of hydrogen-bond donors (Lipinski definition) is 2. The van der Waals surface area contributed by atoms with E-state index in [2.05, 4.69) is 44.2 Å². The summed E-state index contributed by atoms with van der Waals surface area (Å²) in [6.45, 7) is 2.00. The average Bonchev–Trinajstić information content (AvgIpc) is 2.41. The molecule has 0 aliphatic carbocycles. The van der Waals surface area contributed by atoms with E-state index in [4.69, 9.17) is 10.2 Å². The lowest BCUT2D eigenvalue weighted by Gasteiger charge is -1.91. The molecule has 0 aromatic carbocycles. The van der Waals surface area contributed by atoms with E-state index in [1.807, 2.05) is 0 Å². The van der Waals surface area contributed by atoms with Crippen LogP contribution in [0.2, 0.25) is 0 Å². The molecule has 0 amide bonds. The van der Waals surface area contributed by atoms with Crippen LogP contribution >= 0.6 is 44.2 Å². The van der Waals surface area contributed by atoms with Crippen LogP contribution in [0.1, 0.15) is 13.8 Å². The first-order valence-corrected chi connectivity index (χ1v) is 9.23. The molecule has 0 fully saturated rings. The number of alkyl halides is 1. The minimum atomic E-state index is -1.64. The molecule has 0 saturated heterocycles. The van der Waals surface area contributed by atoms with Gasteiger partial charge in [-0.2, -0.15) is 0 Å².